The SMILES string of the molecule is C.C.C.C.C.C.C.C.C.C.C.C.CCC(C)(C)C(=O)Oc1ccc2c(c1)CCC(=O)O2.CCC(C)(C)C(=O)Oc1ccc2c(c1)CCCO2.CCC(C)(C)C(=O)Oc1ccc2ccoc2c1.CCC(C)(C)C(=O)Oc1ccc2occc(=O)c2c1.CCC(C)(C)C(=O)Oc1ccc2occc2c1.CCC(C)(C)C(=O)Oc1cccc2ccoc12. The van der Waals surface area contributed by atoms with Crippen LogP contribution in [0.2, 0.25) is 0 Å². The molecule has 0 unspecified atom stereocenters. The van der Waals surface area contributed by atoms with Crippen LogP contribution in [0.1, 0.15) is 276 Å². The number of rotatable bonds is 18. The summed E-state index contributed by atoms with van der Waals surface area (Å²) in [7, 11) is 0. The summed E-state index contributed by atoms with van der Waals surface area (Å²) in [6, 6.07) is 38.6. The molecule has 0 saturated carbocycles. The summed E-state index contributed by atoms with van der Waals surface area (Å²) in [4.78, 5) is 94.5. The maximum atomic E-state index is 12.0. The van der Waals surface area contributed by atoms with Crippen LogP contribution in [-0.4, -0.2) is 48.4 Å². The smallest absolute Gasteiger partial charge is 0.317 e. The minimum absolute atomic E-state index is 0. The Morgan fingerprint density at radius 1 is 0.328 bits per heavy atom. The first-order chi connectivity index (χ1) is 50.5. The fourth-order valence-electron chi connectivity index (χ4n) is 9.23. The molecule has 20 nitrogen and oxygen atoms in total. The number of carbonyl (C=O) groups is 7. The van der Waals surface area contributed by atoms with Gasteiger partial charge in [0.2, 0.25) is 0 Å². The average Bonchev–Trinajstić information content (AvgIpc) is 1.60. The first-order valence-corrected chi connectivity index (χ1v) is 36.3. The highest BCUT2D eigenvalue weighted by Crippen LogP contribution is 2.36. The average molecular weight is 1660 g/mol. The minimum Gasteiger partial charge on any atom is -0.493 e. The van der Waals surface area contributed by atoms with Gasteiger partial charge in [-0.2, -0.15) is 0 Å². The normalized spacial score (nSPS) is 11.4. The van der Waals surface area contributed by atoms with Crippen molar-refractivity contribution in [2.75, 3.05) is 6.61 Å². The van der Waals surface area contributed by atoms with Crippen LogP contribution in [0.5, 0.6) is 46.0 Å². The second-order valence-corrected chi connectivity index (χ2v) is 30.0. The summed E-state index contributed by atoms with van der Waals surface area (Å²) in [6.07, 6.45) is 13.6. The van der Waals surface area contributed by atoms with Crippen molar-refractivity contribution in [1.82, 2.24) is 0 Å². The van der Waals surface area contributed by atoms with Gasteiger partial charge in [-0.15, -0.1) is 0 Å². The molecule has 12 rings (SSSR count). The molecule has 10 aromatic rings. The Morgan fingerprint density at radius 3 is 1.17 bits per heavy atom. The maximum absolute atomic E-state index is 12.0. The molecule has 2 aliphatic heterocycles. The lowest BCUT2D eigenvalue weighted by Crippen LogP contribution is -2.28. The third kappa shape index (κ3) is 32.8. The Labute approximate surface area is 714 Å². The molecule has 0 fully saturated rings. The van der Waals surface area contributed by atoms with E-state index < -0.39 is 32.5 Å². The predicted molar refractivity (Wildman–Crippen MR) is 491 cm³/mol. The van der Waals surface area contributed by atoms with E-state index in [1.807, 2.05) is 179 Å². The Bertz CT molecular complexity index is 4690. The van der Waals surface area contributed by atoms with E-state index >= 15 is 0 Å². The van der Waals surface area contributed by atoms with E-state index in [9.17, 15) is 38.4 Å². The molecule has 666 valence electrons. The molecule has 0 saturated heterocycles. The van der Waals surface area contributed by atoms with E-state index in [0.717, 1.165) is 89.3 Å². The maximum Gasteiger partial charge on any atom is 0.317 e. The molecule has 4 aromatic heterocycles. The van der Waals surface area contributed by atoms with E-state index in [2.05, 4.69) is 0 Å². The van der Waals surface area contributed by atoms with Gasteiger partial charge in [-0.05, 0) is 261 Å². The zero-order valence-corrected chi connectivity index (χ0v) is 65.0. The molecule has 0 spiro atoms. The quantitative estimate of drug-likeness (QED) is 0.0571. The van der Waals surface area contributed by atoms with Crippen LogP contribution in [0, 0.1) is 32.5 Å². The van der Waals surface area contributed by atoms with E-state index in [4.69, 9.17) is 55.6 Å². The van der Waals surface area contributed by atoms with Gasteiger partial charge >= 0.3 is 41.8 Å². The molecule has 2 aliphatic rings. The third-order valence-corrected chi connectivity index (χ3v) is 19.5. The third-order valence-electron chi connectivity index (χ3n) is 19.5. The van der Waals surface area contributed by atoms with Gasteiger partial charge < -0.3 is 55.6 Å². The molecule has 0 radical (unpaired) electrons. The van der Waals surface area contributed by atoms with Crippen molar-refractivity contribution in [3.63, 3.8) is 0 Å². The summed E-state index contributed by atoms with van der Waals surface area (Å²) >= 11 is 0. The molecule has 6 heterocycles. The number of ether oxygens (including phenoxy) is 8. The second kappa shape index (κ2) is 52.2. The summed E-state index contributed by atoms with van der Waals surface area (Å²) in [5, 5.41) is 3.27. The fourth-order valence-corrected chi connectivity index (χ4v) is 9.23. The second-order valence-electron chi connectivity index (χ2n) is 30.0. The van der Waals surface area contributed by atoms with E-state index in [0.29, 0.717) is 82.5 Å². The molecular formula is C99H150O20. The first-order valence-electron chi connectivity index (χ1n) is 36.3. The molecule has 20 heteroatoms. The minimum atomic E-state index is -0.545. The number of para-hydroxylation sites is 1. The first kappa shape index (κ1) is 119. The molecular weight excluding hydrogens is 1510 g/mol. The zero-order valence-electron chi connectivity index (χ0n) is 65.0. The molecule has 0 atom stereocenters. The highest BCUT2D eigenvalue weighted by Gasteiger charge is 2.33. The number of hydrogen-bond acceptors (Lipinski definition) is 20. The van der Waals surface area contributed by atoms with E-state index in [1.54, 1.807) is 85.5 Å². The largest absolute Gasteiger partial charge is 0.493 e. The van der Waals surface area contributed by atoms with Gasteiger partial charge in [0, 0.05) is 28.3 Å². The molecule has 0 N–H and O–H groups in total. The lowest BCUT2D eigenvalue weighted by molar-refractivity contribution is -0.144. The van der Waals surface area contributed by atoms with Crippen LogP contribution < -0.4 is 43.3 Å². The van der Waals surface area contributed by atoms with E-state index in [1.165, 1.54) is 18.4 Å². The van der Waals surface area contributed by atoms with Crippen molar-refractivity contribution < 1.29 is 89.1 Å². The molecule has 0 bridgehead atoms. The van der Waals surface area contributed by atoms with Crippen molar-refractivity contribution in [1.29, 1.82) is 0 Å². The standard InChI is InChI=1S/C15H18O4.C15H16O4.C15H20O3.3C14H16O3.12CH4/c1-4-15(2,3)14(17)18-11-6-7-12-10(9-11)5-8-13(16)19-12;1-4-15(2,3)14(17)19-10-5-6-13-11(9-10)12(16)7-8-18-13;1-4-15(2,3)14(16)18-12-7-8-13-11(10-12)6-5-9-17-13;1-4-14(2,3)13(15)17-11-5-6-12-10(9-11)7-8-16-12;1-4-14(2,3)13(15)17-11-6-5-10-7-8-16-12(10)9-11;1-4-14(2,3)13(15)17-11-7-5-6-10-8-9-16-12(10)11;;;;;;;;;;;;/h6-7,9H,4-5,8H2,1-3H3;5-9H,4H2,1-3H3;7-8,10H,4-6,9H2,1-3H3;3*5-9H,4H2,1-3H3;12*1H4. The molecule has 0 aliphatic carbocycles. The molecule has 119 heavy (non-hydrogen) atoms. The number of hydrogen-bond donors (Lipinski definition) is 0. The number of esters is 7. The van der Waals surface area contributed by atoms with Crippen LogP contribution in [-0.2, 0) is 46.4 Å². The van der Waals surface area contributed by atoms with Crippen LogP contribution in [0.4, 0.5) is 0 Å². The number of carbonyl (C=O) groups excluding carboxylic acids is 7. The number of benzene rings is 6. The van der Waals surface area contributed by atoms with Gasteiger partial charge in [0.15, 0.2) is 16.8 Å². The number of furan rings is 3. The van der Waals surface area contributed by atoms with Gasteiger partial charge in [-0.25, -0.2) is 0 Å². The van der Waals surface area contributed by atoms with Crippen LogP contribution in [0.3, 0.4) is 0 Å². The zero-order chi connectivity index (χ0) is 78.7. The van der Waals surface area contributed by atoms with Crippen LogP contribution in [0.15, 0.2) is 181 Å². The van der Waals surface area contributed by atoms with Crippen LogP contribution >= 0.6 is 0 Å². The van der Waals surface area contributed by atoms with Gasteiger partial charge in [-0.3, -0.25) is 38.4 Å². The van der Waals surface area contributed by atoms with Gasteiger partial charge in [0.05, 0.1) is 76.0 Å². The fraction of sp³-hybridized carbons (Fsp3) is 0.475. The number of aryl methyl sites for hydroxylation is 2. The molecule has 0 amide bonds. The summed E-state index contributed by atoms with van der Waals surface area (Å²) < 4.78 is 63.9. The Balaban J connectivity index is -0.000000316. The van der Waals surface area contributed by atoms with Crippen molar-refractivity contribution in [2.45, 2.75) is 278 Å². The summed E-state index contributed by atoms with van der Waals surface area (Å²) in [5.41, 5.74) is 1.61. The predicted octanol–water partition coefficient (Wildman–Crippen LogP) is 28.3. The Kier molecular flexibility index (Phi) is 52.3. The van der Waals surface area contributed by atoms with Gasteiger partial charge in [-0.1, -0.05) is 143 Å². The molecule has 6 aromatic carbocycles. The van der Waals surface area contributed by atoms with Crippen LogP contribution in [0.25, 0.3) is 43.9 Å². The summed E-state index contributed by atoms with van der Waals surface area (Å²) in [5.74, 6) is 2.91. The monoisotopic (exact) mass is 1660 g/mol. The van der Waals surface area contributed by atoms with E-state index in [-0.39, 0.29) is 136 Å². The Morgan fingerprint density at radius 2 is 0.689 bits per heavy atom. The Hall–Kier alpha value is -10.8. The van der Waals surface area contributed by atoms with Crippen molar-refractivity contribution >= 4 is 85.7 Å². The topological polar surface area (TPSA) is 263 Å². The lowest BCUT2D eigenvalue weighted by atomic mass is 9.91. The highest BCUT2D eigenvalue weighted by molar-refractivity contribution is 5.88. The van der Waals surface area contributed by atoms with Crippen molar-refractivity contribution in [3.8, 4) is 46.0 Å². The van der Waals surface area contributed by atoms with Gasteiger partial charge in [0.25, 0.3) is 0 Å². The van der Waals surface area contributed by atoms with Crippen molar-refractivity contribution in [3.05, 3.63) is 180 Å². The summed E-state index contributed by atoms with van der Waals surface area (Å²) in [6.45, 7) is 35.0. The highest BCUT2D eigenvalue weighted by atomic mass is 16.6. The lowest BCUT2D eigenvalue weighted by Gasteiger charge is -2.21. The van der Waals surface area contributed by atoms with Gasteiger partial charge in [0.1, 0.15) is 57.0 Å². The number of fused-ring (bicyclic) bond motifs is 6. The van der Waals surface area contributed by atoms with Crippen molar-refractivity contribution in [2.24, 2.45) is 32.5 Å².